The number of hydrogen-bond acceptors (Lipinski definition) is 5. The molecular formula is C20H17ClF2N2O5S. The van der Waals surface area contributed by atoms with Gasteiger partial charge in [0.25, 0.3) is 0 Å². The summed E-state index contributed by atoms with van der Waals surface area (Å²) >= 11 is 5.80. The zero-order valence-electron chi connectivity index (χ0n) is 16.1. The topological polar surface area (TPSA) is 102 Å². The molecule has 3 rings (SSSR count). The molecule has 2 aromatic rings. The van der Waals surface area contributed by atoms with E-state index in [1.165, 1.54) is 30.3 Å². The van der Waals surface area contributed by atoms with Crippen molar-refractivity contribution in [3.8, 4) is 0 Å². The van der Waals surface area contributed by atoms with Gasteiger partial charge in [-0.1, -0.05) is 17.7 Å². The molecule has 164 valence electrons. The summed E-state index contributed by atoms with van der Waals surface area (Å²) in [7, 11) is -4.00. The lowest BCUT2D eigenvalue weighted by atomic mass is 9.95. The van der Waals surface area contributed by atoms with Crippen molar-refractivity contribution in [3.63, 3.8) is 0 Å². The number of halogens is 3. The van der Waals surface area contributed by atoms with Crippen molar-refractivity contribution >= 4 is 33.4 Å². The molecule has 11 heteroatoms. The second-order valence-corrected chi connectivity index (χ2v) is 8.96. The molecule has 0 saturated carbocycles. The predicted molar refractivity (Wildman–Crippen MR) is 108 cm³/mol. The van der Waals surface area contributed by atoms with Gasteiger partial charge in [-0.25, -0.2) is 26.8 Å². The van der Waals surface area contributed by atoms with Crippen molar-refractivity contribution in [1.82, 2.24) is 10.6 Å². The molecule has 2 N–H and O–H groups in total. The Kier molecular flexibility index (Phi) is 6.61. The van der Waals surface area contributed by atoms with E-state index in [4.69, 9.17) is 16.3 Å². The monoisotopic (exact) mass is 470 g/mol. The maximum atomic E-state index is 13.8. The molecular weight excluding hydrogens is 454 g/mol. The summed E-state index contributed by atoms with van der Waals surface area (Å²) in [5, 5.41) is 5.08. The third-order valence-corrected chi connectivity index (χ3v) is 6.34. The maximum Gasteiger partial charge on any atom is 0.338 e. The molecule has 0 bridgehead atoms. The van der Waals surface area contributed by atoms with Crippen molar-refractivity contribution in [1.29, 1.82) is 0 Å². The third kappa shape index (κ3) is 5.02. The highest BCUT2D eigenvalue weighted by Crippen LogP contribution is 2.30. The van der Waals surface area contributed by atoms with Crippen molar-refractivity contribution in [2.45, 2.75) is 17.9 Å². The van der Waals surface area contributed by atoms with Crippen LogP contribution in [-0.2, 0) is 19.4 Å². The SMILES string of the molecule is CCOC(=O)C1=C(CS(=O)(=O)c2ccc(Cl)cc2)NC(=O)N[C@@H]1c1ccc(F)c(F)c1. The fraction of sp³-hybridized carbons (Fsp3) is 0.200. The lowest BCUT2D eigenvalue weighted by Crippen LogP contribution is -2.47. The van der Waals surface area contributed by atoms with Gasteiger partial charge in [0.05, 0.1) is 28.9 Å². The van der Waals surface area contributed by atoms with Crippen LogP contribution in [0.2, 0.25) is 5.02 Å². The number of hydrogen-bond donors (Lipinski definition) is 2. The van der Waals surface area contributed by atoms with E-state index < -0.39 is 45.3 Å². The molecule has 1 atom stereocenters. The maximum absolute atomic E-state index is 13.8. The van der Waals surface area contributed by atoms with Crippen LogP contribution < -0.4 is 10.6 Å². The highest BCUT2D eigenvalue weighted by molar-refractivity contribution is 7.91. The van der Waals surface area contributed by atoms with E-state index in [2.05, 4.69) is 10.6 Å². The first kappa shape index (κ1) is 22.7. The number of carbonyl (C=O) groups excluding carboxylic acids is 2. The van der Waals surface area contributed by atoms with Gasteiger partial charge in [0, 0.05) is 10.7 Å². The molecule has 0 aliphatic carbocycles. The van der Waals surface area contributed by atoms with Gasteiger partial charge in [-0.2, -0.15) is 0 Å². The number of sulfone groups is 1. The first-order valence-electron chi connectivity index (χ1n) is 9.03. The van der Waals surface area contributed by atoms with E-state index in [0.717, 1.165) is 12.1 Å². The number of esters is 1. The average molecular weight is 471 g/mol. The first-order chi connectivity index (χ1) is 14.6. The van der Waals surface area contributed by atoms with Gasteiger partial charge in [0.2, 0.25) is 0 Å². The highest BCUT2D eigenvalue weighted by atomic mass is 35.5. The van der Waals surface area contributed by atoms with Gasteiger partial charge in [-0.05, 0) is 48.9 Å². The molecule has 0 saturated heterocycles. The number of rotatable bonds is 6. The Labute approximate surface area is 182 Å². The van der Waals surface area contributed by atoms with Crippen LogP contribution in [-0.4, -0.2) is 32.8 Å². The lowest BCUT2D eigenvalue weighted by Gasteiger charge is -2.29. The van der Waals surface area contributed by atoms with Crippen LogP contribution >= 0.6 is 11.6 Å². The summed E-state index contributed by atoms with van der Waals surface area (Å²) < 4.78 is 57.9. The molecule has 7 nitrogen and oxygen atoms in total. The Balaban J connectivity index is 2.11. The highest BCUT2D eigenvalue weighted by Gasteiger charge is 2.36. The first-order valence-corrected chi connectivity index (χ1v) is 11.1. The summed E-state index contributed by atoms with van der Waals surface area (Å²) in [6.45, 7) is 1.52. The summed E-state index contributed by atoms with van der Waals surface area (Å²) in [6, 6.07) is 6.12. The Hall–Kier alpha value is -2.98. The molecule has 2 amide bonds. The average Bonchev–Trinajstić information content (AvgIpc) is 2.69. The fourth-order valence-electron chi connectivity index (χ4n) is 3.04. The second-order valence-electron chi connectivity index (χ2n) is 6.53. The van der Waals surface area contributed by atoms with Crippen LogP contribution in [0.4, 0.5) is 13.6 Å². The van der Waals surface area contributed by atoms with Gasteiger partial charge >= 0.3 is 12.0 Å². The van der Waals surface area contributed by atoms with E-state index >= 15 is 0 Å². The lowest BCUT2D eigenvalue weighted by molar-refractivity contribution is -0.139. The summed E-state index contributed by atoms with van der Waals surface area (Å²) in [4.78, 5) is 24.8. The minimum absolute atomic E-state index is 0.0298. The van der Waals surface area contributed by atoms with E-state index in [-0.39, 0.29) is 28.3 Å². The molecule has 1 heterocycles. The number of urea groups is 1. The number of ether oxygens (including phenoxy) is 1. The molecule has 0 unspecified atom stereocenters. The quantitative estimate of drug-likeness (QED) is 0.631. The van der Waals surface area contributed by atoms with Gasteiger partial charge in [-0.15, -0.1) is 0 Å². The van der Waals surface area contributed by atoms with E-state index in [0.29, 0.717) is 5.02 Å². The minimum atomic E-state index is -4.00. The van der Waals surface area contributed by atoms with E-state index in [1.54, 1.807) is 6.92 Å². The molecule has 1 aliphatic heterocycles. The molecule has 1 aliphatic rings. The zero-order chi connectivity index (χ0) is 22.8. The van der Waals surface area contributed by atoms with Gasteiger partial charge in [0.15, 0.2) is 21.5 Å². The Bertz CT molecular complexity index is 1170. The van der Waals surface area contributed by atoms with Crippen molar-refractivity contribution in [2.24, 2.45) is 0 Å². The van der Waals surface area contributed by atoms with Crippen LogP contribution in [0.3, 0.4) is 0 Å². The van der Waals surface area contributed by atoms with E-state index in [9.17, 15) is 26.8 Å². The molecule has 31 heavy (non-hydrogen) atoms. The molecule has 2 aromatic carbocycles. The van der Waals surface area contributed by atoms with Crippen LogP contribution in [0.25, 0.3) is 0 Å². The summed E-state index contributed by atoms with van der Waals surface area (Å²) in [5.74, 6) is -3.96. The van der Waals surface area contributed by atoms with Crippen LogP contribution in [0, 0.1) is 11.6 Å². The van der Waals surface area contributed by atoms with Gasteiger partial charge < -0.3 is 15.4 Å². The zero-order valence-corrected chi connectivity index (χ0v) is 17.7. The number of amides is 2. The Morgan fingerprint density at radius 3 is 2.42 bits per heavy atom. The summed E-state index contributed by atoms with van der Waals surface area (Å²) in [6.07, 6.45) is 0. The van der Waals surface area contributed by atoms with Crippen molar-refractivity contribution in [2.75, 3.05) is 12.4 Å². The van der Waals surface area contributed by atoms with E-state index in [1.807, 2.05) is 0 Å². The third-order valence-electron chi connectivity index (χ3n) is 4.43. The van der Waals surface area contributed by atoms with Crippen LogP contribution in [0.15, 0.2) is 58.6 Å². The molecule has 0 fully saturated rings. The fourth-order valence-corrected chi connectivity index (χ4v) is 4.49. The number of benzene rings is 2. The van der Waals surface area contributed by atoms with Crippen molar-refractivity contribution < 1.29 is 31.5 Å². The second kappa shape index (κ2) is 9.03. The molecule has 0 spiro atoms. The number of nitrogens with one attached hydrogen (secondary N) is 2. The number of carbonyl (C=O) groups is 2. The standard InChI is InChI=1S/C20H17ClF2N2O5S/c1-2-30-19(26)17-16(10-31(28,29)13-6-4-12(21)5-7-13)24-20(27)25-18(17)11-3-8-14(22)15(23)9-11/h3-9,18H,2,10H2,1H3,(H2,24,25,27)/t18-/m1/s1. The normalized spacial score (nSPS) is 16.5. The largest absolute Gasteiger partial charge is 0.463 e. The Morgan fingerprint density at radius 2 is 1.81 bits per heavy atom. The smallest absolute Gasteiger partial charge is 0.338 e. The molecule has 0 aromatic heterocycles. The molecule has 0 radical (unpaired) electrons. The van der Waals surface area contributed by atoms with Crippen molar-refractivity contribution in [3.05, 3.63) is 76.0 Å². The Morgan fingerprint density at radius 1 is 1.13 bits per heavy atom. The van der Waals surface area contributed by atoms with Gasteiger partial charge in [0.1, 0.15) is 0 Å². The van der Waals surface area contributed by atoms with Crippen LogP contribution in [0.1, 0.15) is 18.5 Å². The minimum Gasteiger partial charge on any atom is -0.463 e. The van der Waals surface area contributed by atoms with Crippen LogP contribution in [0.5, 0.6) is 0 Å². The predicted octanol–water partition coefficient (Wildman–Crippen LogP) is 3.26. The summed E-state index contributed by atoms with van der Waals surface area (Å²) in [5.41, 5.74) is -0.421. The van der Waals surface area contributed by atoms with Gasteiger partial charge in [-0.3, -0.25) is 0 Å².